The molecular weight excluding hydrogens is 298 g/mol. The normalized spacial score (nSPS) is 16.1. The van der Waals surface area contributed by atoms with Gasteiger partial charge in [0.05, 0.1) is 6.54 Å². The van der Waals surface area contributed by atoms with Crippen molar-refractivity contribution >= 4 is 18.3 Å². The molecule has 0 spiro atoms. The van der Waals surface area contributed by atoms with E-state index in [1.54, 1.807) is 7.05 Å². The van der Waals surface area contributed by atoms with Crippen molar-refractivity contribution in [2.24, 2.45) is 5.92 Å². The van der Waals surface area contributed by atoms with E-state index in [1.807, 2.05) is 0 Å². The summed E-state index contributed by atoms with van der Waals surface area (Å²) in [5, 5.41) is 5.74. The average molecular weight is 326 g/mol. The van der Waals surface area contributed by atoms with Gasteiger partial charge in [-0.25, -0.2) is 0 Å². The monoisotopic (exact) mass is 325 g/mol. The zero-order valence-electron chi connectivity index (χ0n) is 13.6. The first-order valence-corrected chi connectivity index (χ1v) is 7.89. The van der Waals surface area contributed by atoms with Gasteiger partial charge < -0.3 is 10.6 Å². The van der Waals surface area contributed by atoms with Crippen molar-refractivity contribution in [3.8, 4) is 0 Å². The van der Waals surface area contributed by atoms with E-state index in [-0.39, 0.29) is 18.3 Å². The molecule has 0 aromatic heterocycles. The van der Waals surface area contributed by atoms with Crippen molar-refractivity contribution in [2.45, 2.75) is 32.9 Å². The second kappa shape index (κ2) is 9.82. The predicted molar refractivity (Wildman–Crippen MR) is 93.1 cm³/mol. The number of rotatable bonds is 6. The van der Waals surface area contributed by atoms with E-state index in [9.17, 15) is 4.79 Å². The second-order valence-electron chi connectivity index (χ2n) is 6.08. The van der Waals surface area contributed by atoms with Crippen LogP contribution in [0.3, 0.4) is 0 Å². The van der Waals surface area contributed by atoms with Crippen molar-refractivity contribution in [2.75, 3.05) is 26.7 Å². The second-order valence-corrected chi connectivity index (χ2v) is 6.08. The number of carbonyl (C=O) groups is 1. The van der Waals surface area contributed by atoms with Crippen LogP contribution in [-0.4, -0.2) is 37.5 Å². The number of likely N-dealkylation sites (N-methyl/N-ethyl adjacent to an activating group) is 1. The molecule has 5 heteroatoms. The minimum Gasteiger partial charge on any atom is -0.351 e. The van der Waals surface area contributed by atoms with Crippen molar-refractivity contribution in [1.82, 2.24) is 15.5 Å². The summed E-state index contributed by atoms with van der Waals surface area (Å²) in [6.45, 7) is 6.77. The number of nitrogens with one attached hydrogen (secondary N) is 2. The SMILES string of the molecule is CNCC(=O)NCc1ccc(CN2CCC(C)CC2)cc1.Cl. The van der Waals surface area contributed by atoms with Gasteiger partial charge in [0, 0.05) is 13.1 Å². The molecule has 4 nitrogen and oxygen atoms in total. The van der Waals surface area contributed by atoms with Gasteiger partial charge in [-0.05, 0) is 50.0 Å². The molecule has 1 aliphatic heterocycles. The van der Waals surface area contributed by atoms with Crippen LogP contribution in [0, 0.1) is 5.92 Å². The van der Waals surface area contributed by atoms with Crippen LogP contribution in [-0.2, 0) is 17.9 Å². The molecule has 1 aliphatic rings. The Balaban J connectivity index is 0.00000242. The summed E-state index contributed by atoms with van der Waals surface area (Å²) in [6, 6.07) is 8.58. The fraction of sp³-hybridized carbons (Fsp3) is 0.588. The minimum atomic E-state index is 0. The molecule has 0 aliphatic carbocycles. The minimum absolute atomic E-state index is 0. The Morgan fingerprint density at radius 1 is 1.18 bits per heavy atom. The lowest BCUT2D eigenvalue weighted by Crippen LogP contribution is -2.32. The summed E-state index contributed by atoms with van der Waals surface area (Å²) in [5.74, 6) is 0.911. The van der Waals surface area contributed by atoms with Crippen LogP contribution in [0.25, 0.3) is 0 Å². The average Bonchev–Trinajstić information content (AvgIpc) is 2.49. The number of piperidine rings is 1. The van der Waals surface area contributed by atoms with Gasteiger partial charge in [0.2, 0.25) is 5.91 Å². The lowest BCUT2D eigenvalue weighted by molar-refractivity contribution is -0.120. The van der Waals surface area contributed by atoms with Gasteiger partial charge in [-0.2, -0.15) is 0 Å². The highest BCUT2D eigenvalue weighted by atomic mass is 35.5. The summed E-state index contributed by atoms with van der Waals surface area (Å²) in [5.41, 5.74) is 2.50. The molecule has 2 rings (SSSR count). The predicted octanol–water partition coefficient (Wildman–Crippen LogP) is 2.18. The van der Waals surface area contributed by atoms with Crippen LogP contribution in [0.5, 0.6) is 0 Å². The van der Waals surface area contributed by atoms with Gasteiger partial charge in [-0.15, -0.1) is 12.4 Å². The van der Waals surface area contributed by atoms with Crippen molar-refractivity contribution < 1.29 is 4.79 Å². The zero-order chi connectivity index (χ0) is 15.1. The molecule has 124 valence electrons. The molecule has 1 heterocycles. The van der Waals surface area contributed by atoms with Crippen LogP contribution < -0.4 is 10.6 Å². The fourth-order valence-corrected chi connectivity index (χ4v) is 2.66. The molecule has 1 aromatic rings. The highest BCUT2D eigenvalue weighted by Crippen LogP contribution is 2.18. The first-order chi connectivity index (χ1) is 10.2. The third-order valence-corrected chi connectivity index (χ3v) is 4.13. The number of hydrogen-bond donors (Lipinski definition) is 2. The number of likely N-dealkylation sites (tertiary alicyclic amines) is 1. The molecule has 0 saturated carbocycles. The van der Waals surface area contributed by atoms with Gasteiger partial charge in [-0.1, -0.05) is 31.2 Å². The van der Waals surface area contributed by atoms with E-state index in [4.69, 9.17) is 0 Å². The number of nitrogens with zero attached hydrogens (tertiary/aromatic N) is 1. The van der Waals surface area contributed by atoms with E-state index in [0.29, 0.717) is 13.1 Å². The molecular formula is C17H28ClN3O. The van der Waals surface area contributed by atoms with Crippen molar-refractivity contribution in [3.63, 3.8) is 0 Å². The smallest absolute Gasteiger partial charge is 0.234 e. The number of amides is 1. The molecule has 1 amide bonds. The number of carbonyl (C=O) groups excluding carboxylic acids is 1. The molecule has 0 unspecified atom stereocenters. The Kier molecular flexibility index (Phi) is 8.46. The van der Waals surface area contributed by atoms with E-state index in [0.717, 1.165) is 18.0 Å². The van der Waals surface area contributed by atoms with Crippen LogP contribution in [0.1, 0.15) is 30.9 Å². The molecule has 0 radical (unpaired) electrons. The standard InChI is InChI=1S/C17H27N3O.ClH/c1-14-7-9-20(10-8-14)13-16-5-3-15(4-6-16)11-19-17(21)12-18-2;/h3-6,14,18H,7-13H2,1-2H3,(H,19,21);1H. The summed E-state index contributed by atoms with van der Waals surface area (Å²) < 4.78 is 0. The molecule has 2 N–H and O–H groups in total. The van der Waals surface area contributed by atoms with Gasteiger partial charge in [0.1, 0.15) is 0 Å². The Labute approximate surface area is 140 Å². The summed E-state index contributed by atoms with van der Waals surface area (Å²) in [6.07, 6.45) is 2.63. The lowest BCUT2D eigenvalue weighted by Gasteiger charge is -2.30. The lowest BCUT2D eigenvalue weighted by atomic mass is 9.99. The molecule has 1 saturated heterocycles. The Morgan fingerprint density at radius 3 is 2.36 bits per heavy atom. The maximum Gasteiger partial charge on any atom is 0.234 e. The summed E-state index contributed by atoms with van der Waals surface area (Å²) in [7, 11) is 1.77. The zero-order valence-corrected chi connectivity index (χ0v) is 14.4. The maximum atomic E-state index is 11.4. The first kappa shape index (κ1) is 18.9. The van der Waals surface area contributed by atoms with Gasteiger partial charge in [0.25, 0.3) is 0 Å². The van der Waals surface area contributed by atoms with E-state index >= 15 is 0 Å². The molecule has 1 fully saturated rings. The summed E-state index contributed by atoms with van der Waals surface area (Å²) >= 11 is 0. The van der Waals surface area contributed by atoms with E-state index in [1.165, 1.54) is 31.5 Å². The van der Waals surface area contributed by atoms with Crippen LogP contribution in [0.4, 0.5) is 0 Å². The van der Waals surface area contributed by atoms with Gasteiger partial charge >= 0.3 is 0 Å². The van der Waals surface area contributed by atoms with Crippen molar-refractivity contribution in [1.29, 1.82) is 0 Å². The summed E-state index contributed by atoms with van der Waals surface area (Å²) in [4.78, 5) is 13.9. The fourth-order valence-electron chi connectivity index (χ4n) is 2.66. The topological polar surface area (TPSA) is 44.4 Å². The molecule has 0 atom stereocenters. The first-order valence-electron chi connectivity index (χ1n) is 7.89. The van der Waals surface area contributed by atoms with E-state index in [2.05, 4.69) is 46.7 Å². The third kappa shape index (κ3) is 6.34. The maximum absolute atomic E-state index is 11.4. The Hall–Kier alpha value is -1.10. The van der Waals surface area contributed by atoms with Crippen LogP contribution >= 0.6 is 12.4 Å². The van der Waals surface area contributed by atoms with Gasteiger partial charge in [0.15, 0.2) is 0 Å². The number of halogens is 1. The van der Waals surface area contributed by atoms with E-state index < -0.39 is 0 Å². The molecule has 0 bridgehead atoms. The number of hydrogen-bond acceptors (Lipinski definition) is 3. The van der Waals surface area contributed by atoms with Crippen molar-refractivity contribution in [3.05, 3.63) is 35.4 Å². The van der Waals surface area contributed by atoms with Crippen LogP contribution in [0.15, 0.2) is 24.3 Å². The Morgan fingerprint density at radius 2 is 1.77 bits per heavy atom. The van der Waals surface area contributed by atoms with Crippen LogP contribution in [0.2, 0.25) is 0 Å². The molecule has 1 aromatic carbocycles. The van der Waals surface area contributed by atoms with Gasteiger partial charge in [-0.3, -0.25) is 9.69 Å². The Bertz CT molecular complexity index is 442. The quantitative estimate of drug-likeness (QED) is 0.842. The highest BCUT2D eigenvalue weighted by molar-refractivity contribution is 5.85. The third-order valence-electron chi connectivity index (χ3n) is 4.13. The largest absolute Gasteiger partial charge is 0.351 e. The molecule has 22 heavy (non-hydrogen) atoms. The number of benzene rings is 1. The highest BCUT2D eigenvalue weighted by Gasteiger charge is 2.15.